The monoisotopic (exact) mass is 446 g/mol. The second kappa shape index (κ2) is 10.9. The molecule has 8 nitrogen and oxygen atoms in total. The summed E-state index contributed by atoms with van der Waals surface area (Å²) in [7, 11) is 0.411. The third kappa shape index (κ3) is 6.05. The normalized spacial score (nSPS) is 12.3. The number of nitrogens with zero attached hydrogens (tertiary/aromatic N) is 3. The molecule has 168 valence electrons. The molecule has 1 N–H and O–H groups in total. The molecule has 0 heterocycles. The first-order valence-corrected chi connectivity index (χ1v) is 11.4. The van der Waals surface area contributed by atoms with Gasteiger partial charge in [0.15, 0.2) is 0 Å². The number of hydrogen-bond donors (Lipinski definition) is 1. The largest absolute Gasteiger partial charge is 0.357 e. The number of benzene rings is 2. The fourth-order valence-electron chi connectivity index (χ4n) is 3.18. The Morgan fingerprint density at radius 2 is 1.52 bits per heavy atom. The number of likely N-dealkylation sites (N-methyl/N-ethyl adjacent to an activating group) is 1. The Balaban J connectivity index is 2.44. The van der Waals surface area contributed by atoms with Gasteiger partial charge in [-0.1, -0.05) is 55.5 Å². The topological polar surface area (TPSA) is 90.0 Å². The number of para-hydroxylation sites is 1. The molecule has 2 aromatic carbocycles. The summed E-state index contributed by atoms with van der Waals surface area (Å²) in [5.41, 5.74) is 1.22. The van der Waals surface area contributed by atoms with E-state index in [1.165, 1.54) is 26.0 Å². The highest BCUT2D eigenvalue weighted by Crippen LogP contribution is 2.20. The molecule has 0 saturated carbocycles. The van der Waals surface area contributed by atoms with Gasteiger partial charge >= 0.3 is 10.2 Å². The van der Waals surface area contributed by atoms with E-state index in [1.807, 2.05) is 37.3 Å². The molecule has 0 aromatic heterocycles. The molecule has 0 saturated heterocycles. The molecule has 9 heteroatoms. The van der Waals surface area contributed by atoms with Crippen molar-refractivity contribution in [3.63, 3.8) is 0 Å². The Labute approximate surface area is 184 Å². The molecule has 0 bridgehead atoms. The zero-order chi connectivity index (χ0) is 23.0. The van der Waals surface area contributed by atoms with Crippen LogP contribution in [0.3, 0.4) is 0 Å². The molecule has 0 aliphatic heterocycles. The van der Waals surface area contributed by atoms with Crippen molar-refractivity contribution in [3.8, 4) is 0 Å². The van der Waals surface area contributed by atoms with Crippen LogP contribution in [-0.2, 0) is 26.3 Å². The van der Waals surface area contributed by atoms with Gasteiger partial charge in [0.1, 0.15) is 12.6 Å². The van der Waals surface area contributed by atoms with E-state index in [9.17, 15) is 18.0 Å². The minimum Gasteiger partial charge on any atom is -0.357 e. The molecule has 1 unspecified atom stereocenters. The van der Waals surface area contributed by atoms with Crippen molar-refractivity contribution in [2.24, 2.45) is 0 Å². The van der Waals surface area contributed by atoms with Crippen LogP contribution in [0.25, 0.3) is 0 Å². The maximum Gasteiger partial charge on any atom is 0.304 e. The van der Waals surface area contributed by atoms with Crippen LogP contribution in [0.15, 0.2) is 60.7 Å². The lowest BCUT2D eigenvalue weighted by Crippen LogP contribution is -2.52. The molecule has 2 rings (SSSR count). The molecule has 0 aliphatic rings. The molecular formula is C22H30N4O4S. The van der Waals surface area contributed by atoms with Crippen LogP contribution in [0.5, 0.6) is 0 Å². The van der Waals surface area contributed by atoms with Crippen molar-refractivity contribution < 1.29 is 18.0 Å². The maximum atomic E-state index is 13.4. The molecule has 0 radical (unpaired) electrons. The first-order chi connectivity index (χ1) is 14.7. The lowest BCUT2D eigenvalue weighted by Gasteiger charge is -2.33. The minimum atomic E-state index is -3.93. The van der Waals surface area contributed by atoms with Crippen LogP contribution >= 0.6 is 0 Å². The van der Waals surface area contributed by atoms with Crippen molar-refractivity contribution >= 4 is 27.7 Å². The van der Waals surface area contributed by atoms with Crippen LogP contribution in [0.2, 0.25) is 0 Å². The lowest BCUT2D eigenvalue weighted by molar-refractivity contribution is -0.140. The first kappa shape index (κ1) is 24.4. The number of nitrogens with one attached hydrogen (secondary N) is 1. The van der Waals surface area contributed by atoms with Gasteiger partial charge in [-0.05, 0) is 24.1 Å². The zero-order valence-corrected chi connectivity index (χ0v) is 19.2. The number of hydrogen-bond acceptors (Lipinski definition) is 4. The summed E-state index contributed by atoms with van der Waals surface area (Å²) in [4.78, 5) is 27.4. The highest BCUT2D eigenvalue weighted by atomic mass is 32.2. The number of rotatable bonds is 10. The zero-order valence-electron chi connectivity index (χ0n) is 18.4. The standard InChI is InChI=1S/C22H30N4O4S/c1-5-20(22(28)23-2)25(16-18-12-8-6-9-13-18)21(27)17-26(31(29,30)24(3)4)19-14-10-7-11-15-19/h6-15,20H,5,16-17H2,1-4H3,(H,23,28). The van der Waals surface area contributed by atoms with Crippen molar-refractivity contribution in [1.29, 1.82) is 0 Å². The second-order valence-corrected chi connectivity index (χ2v) is 9.24. The van der Waals surface area contributed by atoms with Crippen molar-refractivity contribution in [2.45, 2.75) is 25.9 Å². The summed E-state index contributed by atoms with van der Waals surface area (Å²) in [5, 5.41) is 2.60. The molecule has 31 heavy (non-hydrogen) atoms. The van der Waals surface area contributed by atoms with Crippen LogP contribution in [0.4, 0.5) is 5.69 Å². The molecule has 0 fully saturated rings. The highest BCUT2D eigenvalue weighted by molar-refractivity contribution is 7.90. The predicted molar refractivity (Wildman–Crippen MR) is 122 cm³/mol. The Bertz CT molecular complexity index is 966. The van der Waals surface area contributed by atoms with Crippen molar-refractivity contribution in [1.82, 2.24) is 14.5 Å². The average molecular weight is 447 g/mol. The number of amides is 2. The summed E-state index contributed by atoms with van der Waals surface area (Å²) in [6, 6.07) is 17.0. The number of anilines is 1. The summed E-state index contributed by atoms with van der Waals surface area (Å²) in [6.45, 7) is 1.58. The predicted octanol–water partition coefficient (Wildman–Crippen LogP) is 1.85. The van der Waals surface area contributed by atoms with E-state index >= 15 is 0 Å². The van der Waals surface area contributed by atoms with E-state index in [0.717, 1.165) is 14.2 Å². The third-order valence-corrected chi connectivity index (χ3v) is 6.71. The van der Waals surface area contributed by atoms with E-state index in [4.69, 9.17) is 0 Å². The van der Waals surface area contributed by atoms with E-state index in [0.29, 0.717) is 12.1 Å². The summed E-state index contributed by atoms with van der Waals surface area (Å²) >= 11 is 0. The van der Waals surface area contributed by atoms with Gasteiger partial charge < -0.3 is 10.2 Å². The molecule has 2 aromatic rings. The van der Waals surface area contributed by atoms with Crippen molar-refractivity contribution in [2.75, 3.05) is 32.0 Å². The number of carbonyl (C=O) groups is 2. The Morgan fingerprint density at radius 1 is 0.968 bits per heavy atom. The average Bonchev–Trinajstić information content (AvgIpc) is 2.77. The Morgan fingerprint density at radius 3 is 2.00 bits per heavy atom. The minimum absolute atomic E-state index is 0.191. The quantitative estimate of drug-likeness (QED) is 0.603. The SMILES string of the molecule is CCC(C(=O)NC)N(Cc1ccccc1)C(=O)CN(c1ccccc1)S(=O)(=O)N(C)C. The second-order valence-electron chi connectivity index (χ2n) is 7.18. The summed E-state index contributed by atoms with van der Waals surface area (Å²) in [6.07, 6.45) is 0.393. The third-order valence-electron chi connectivity index (χ3n) is 4.89. The van der Waals surface area contributed by atoms with Crippen molar-refractivity contribution in [3.05, 3.63) is 66.2 Å². The van der Waals surface area contributed by atoms with Crippen LogP contribution in [0.1, 0.15) is 18.9 Å². The van der Waals surface area contributed by atoms with Gasteiger partial charge in [0.2, 0.25) is 11.8 Å². The molecular weight excluding hydrogens is 416 g/mol. The van der Waals surface area contributed by atoms with Gasteiger partial charge in [0, 0.05) is 27.7 Å². The Hall–Kier alpha value is -2.91. The Kier molecular flexibility index (Phi) is 8.58. The maximum absolute atomic E-state index is 13.4. The fourth-order valence-corrected chi connectivity index (χ4v) is 4.23. The van der Waals surface area contributed by atoms with Crippen LogP contribution < -0.4 is 9.62 Å². The van der Waals surface area contributed by atoms with E-state index in [1.54, 1.807) is 30.3 Å². The van der Waals surface area contributed by atoms with Gasteiger partial charge in [-0.25, -0.2) is 4.31 Å². The van der Waals surface area contributed by atoms with E-state index in [-0.39, 0.29) is 12.5 Å². The number of carbonyl (C=O) groups excluding carboxylic acids is 2. The first-order valence-electron chi connectivity index (χ1n) is 10.0. The summed E-state index contributed by atoms with van der Waals surface area (Å²) < 4.78 is 28.1. The van der Waals surface area contributed by atoms with E-state index in [2.05, 4.69) is 5.32 Å². The summed E-state index contributed by atoms with van der Waals surface area (Å²) in [5.74, 6) is -0.762. The molecule has 2 amide bonds. The van der Waals surface area contributed by atoms with Gasteiger partial charge in [0.05, 0.1) is 5.69 Å². The van der Waals surface area contributed by atoms with Gasteiger partial charge in [-0.15, -0.1) is 0 Å². The van der Waals surface area contributed by atoms with E-state index < -0.39 is 28.7 Å². The highest BCUT2D eigenvalue weighted by Gasteiger charge is 2.33. The lowest BCUT2D eigenvalue weighted by atomic mass is 10.1. The van der Waals surface area contributed by atoms with Gasteiger partial charge in [-0.3, -0.25) is 9.59 Å². The van der Waals surface area contributed by atoms with Gasteiger partial charge in [0.25, 0.3) is 0 Å². The fraction of sp³-hybridized carbons (Fsp3) is 0.364. The van der Waals surface area contributed by atoms with Crippen LogP contribution in [0, 0.1) is 0 Å². The molecule has 0 spiro atoms. The van der Waals surface area contributed by atoms with Crippen LogP contribution in [-0.4, -0.2) is 63.2 Å². The molecule has 1 atom stereocenters. The van der Waals surface area contributed by atoms with Gasteiger partial charge in [-0.2, -0.15) is 12.7 Å². The molecule has 0 aliphatic carbocycles. The smallest absolute Gasteiger partial charge is 0.304 e.